The molecule has 3 N–H and O–H groups in total. The largest absolute Gasteiger partial charge is 0.388 e. The average molecular weight is 572 g/mol. The molecule has 1 saturated heterocycles. The molecular weight excluding hydrogens is 526 g/mol. The van der Waals surface area contributed by atoms with E-state index >= 15 is 0 Å². The van der Waals surface area contributed by atoms with Gasteiger partial charge in [-0.05, 0) is 44.0 Å². The minimum Gasteiger partial charge on any atom is -0.388 e. The number of hydrogen-bond acceptors (Lipinski definition) is 8. The molecule has 10 heteroatoms. The summed E-state index contributed by atoms with van der Waals surface area (Å²) in [5, 5.41) is 4.91. The number of anilines is 2. The van der Waals surface area contributed by atoms with E-state index in [9.17, 15) is 0 Å². The van der Waals surface area contributed by atoms with Gasteiger partial charge in [-0.2, -0.15) is 0 Å². The number of hydrogen-bond donors (Lipinski definition) is 2. The number of benzene rings is 1. The summed E-state index contributed by atoms with van der Waals surface area (Å²) in [7, 11) is 3.57. The zero-order valence-corrected chi connectivity index (χ0v) is 25.8. The van der Waals surface area contributed by atoms with Crippen molar-refractivity contribution in [2.75, 3.05) is 31.8 Å². The van der Waals surface area contributed by atoms with Crippen LogP contribution in [0.5, 0.6) is 0 Å². The summed E-state index contributed by atoms with van der Waals surface area (Å²) in [5.74, 6) is 1.05. The smallest absolute Gasteiger partial charge is 0.167 e. The average Bonchev–Trinajstić information content (AvgIpc) is 3.60. The Kier molecular flexibility index (Phi) is 14.6. The van der Waals surface area contributed by atoms with Gasteiger partial charge in [-0.25, -0.2) is 15.0 Å². The van der Waals surface area contributed by atoms with Crippen LogP contribution >= 0.6 is 11.6 Å². The molecule has 9 nitrogen and oxygen atoms in total. The monoisotopic (exact) mass is 571 g/mol. The molecule has 1 aromatic carbocycles. The third-order valence-electron chi connectivity index (χ3n) is 6.24. The van der Waals surface area contributed by atoms with Crippen molar-refractivity contribution in [1.29, 1.82) is 0 Å². The summed E-state index contributed by atoms with van der Waals surface area (Å²) in [6.07, 6.45) is 11.0. The molecule has 4 heterocycles. The van der Waals surface area contributed by atoms with Gasteiger partial charge in [-0.3, -0.25) is 9.55 Å². The van der Waals surface area contributed by atoms with E-state index < -0.39 is 0 Å². The summed E-state index contributed by atoms with van der Waals surface area (Å²) in [4.78, 5) is 17.0. The number of unbranched alkanes of at least 4 members (excludes halogenated alkanes) is 3. The van der Waals surface area contributed by atoms with E-state index in [4.69, 9.17) is 26.8 Å². The normalized spacial score (nSPS) is 15.9. The highest BCUT2D eigenvalue weighted by Gasteiger charge is 2.28. The lowest BCUT2D eigenvalue weighted by molar-refractivity contribution is -0.0300. The molecule has 0 amide bonds. The number of fused-ring (bicyclic) bond motifs is 2. The number of rotatable bonds is 7. The molecule has 0 radical (unpaired) electrons. The molecule has 40 heavy (non-hydrogen) atoms. The fourth-order valence-electron chi connectivity index (χ4n) is 4.30. The van der Waals surface area contributed by atoms with Crippen molar-refractivity contribution >= 4 is 45.2 Å². The molecular formula is C30H46ClN7O2. The minimum atomic E-state index is -0.0566. The predicted molar refractivity (Wildman–Crippen MR) is 167 cm³/mol. The molecule has 1 aliphatic rings. The molecule has 220 valence electrons. The number of aromatic nitrogens is 5. The number of ether oxygens (including phenoxy) is 2. The van der Waals surface area contributed by atoms with Crippen LogP contribution in [0.4, 0.5) is 11.5 Å². The third kappa shape index (κ3) is 9.28. The first-order valence-corrected chi connectivity index (χ1v) is 14.6. The minimum absolute atomic E-state index is 0.0566. The highest BCUT2D eigenvalue weighted by atomic mass is 35.5. The van der Waals surface area contributed by atoms with Gasteiger partial charge < -0.3 is 20.5 Å². The number of halogens is 1. The molecule has 1 fully saturated rings. The Morgan fingerprint density at radius 1 is 1.10 bits per heavy atom. The van der Waals surface area contributed by atoms with Crippen LogP contribution in [0.1, 0.15) is 78.3 Å². The number of nitrogens with two attached hydrogens (primary N) is 1. The van der Waals surface area contributed by atoms with Crippen molar-refractivity contribution in [3.8, 4) is 0 Å². The van der Waals surface area contributed by atoms with Crippen LogP contribution in [0, 0.1) is 6.92 Å². The fourth-order valence-corrected chi connectivity index (χ4v) is 4.47. The molecule has 0 spiro atoms. The number of methoxy groups -OCH3 is 1. The lowest BCUT2D eigenvalue weighted by Crippen LogP contribution is -2.15. The van der Waals surface area contributed by atoms with Crippen LogP contribution in [-0.4, -0.2) is 51.4 Å². The van der Waals surface area contributed by atoms with Gasteiger partial charge in [0.15, 0.2) is 11.5 Å². The summed E-state index contributed by atoms with van der Waals surface area (Å²) in [5.41, 5.74) is 9.20. The Balaban J connectivity index is 0.000000231. The van der Waals surface area contributed by atoms with Crippen molar-refractivity contribution in [3.05, 3.63) is 47.6 Å². The molecule has 4 aromatic rings. The van der Waals surface area contributed by atoms with E-state index in [0.29, 0.717) is 28.8 Å². The maximum absolute atomic E-state index is 5.93. The topological polar surface area (TPSA) is 113 Å². The SMILES string of the molecule is CC.CCCCCC.CNc1ccnc2cc(Cl)ccc12.COC[C@@H]1CC[C@H](n2cnc3c(N)nc(C)nc32)O1. The van der Waals surface area contributed by atoms with E-state index in [1.807, 2.05) is 56.7 Å². The zero-order chi connectivity index (χ0) is 29.5. The lowest BCUT2D eigenvalue weighted by atomic mass is 10.2. The Morgan fingerprint density at radius 2 is 1.82 bits per heavy atom. The Bertz CT molecular complexity index is 1290. The van der Waals surface area contributed by atoms with Crippen molar-refractivity contribution in [2.45, 2.75) is 85.5 Å². The molecule has 3 aromatic heterocycles. The van der Waals surface area contributed by atoms with Crippen LogP contribution in [0.25, 0.3) is 22.1 Å². The first-order valence-electron chi connectivity index (χ1n) is 14.2. The molecule has 1 aliphatic heterocycles. The molecule has 5 rings (SSSR count). The summed E-state index contributed by atoms with van der Waals surface area (Å²) in [6.45, 7) is 10.9. The number of imidazole rings is 1. The standard InChI is InChI=1S/C12H17N5O2.C10H9ClN2.C6H14.C2H6/c1-7-15-11(13)10-12(16-7)17(6-14-10)9-4-3-8(19-9)5-18-2;1-12-9-4-5-13-10-6-7(11)2-3-8(9)10;1-3-5-6-4-2;1-2/h6,8-9H,3-5H2,1-2H3,(H2,13,15,16);2-6H,1H3,(H,12,13);3-6H2,1-2H3;1-2H3/t8-,9+;;;/m0.../s1. The Morgan fingerprint density at radius 3 is 2.48 bits per heavy atom. The summed E-state index contributed by atoms with van der Waals surface area (Å²) in [6, 6.07) is 7.64. The second-order valence-corrected chi connectivity index (χ2v) is 9.64. The van der Waals surface area contributed by atoms with E-state index in [0.717, 1.165) is 35.1 Å². The van der Waals surface area contributed by atoms with Gasteiger partial charge in [0, 0.05) is 36.5 Å². The van der Waals surface area contributed by atoms with E-state index in [-0.39, 0.29) is 12.3 Å². The lowest BCUT2D eigenvalue weighted by Gasteiger charge is -2.14. The summed E-state index contributed by atoms with van der Waals surface area (Å²) >= 11 is 5.85. The Labute approximate surface area is 243 Å². The van der Waals surface area contributed by atoms with Crippen molar-refractivity contribution in [2.24, 2.45) is 0 Å². The van der Waals surface area contributed by atoms with E-state index in [1.54, 1.807) is 19.6 Å². The molecule has 0 aliphatic carbocycles. The molecule has 0 bridgehead atoms. The number of nitrogens with zero attached hydrogens (tertiary/aromatic N) is 5. The zero-order valence-electron chi connectivity index (χ0n) is 25.1. The van der Waals surface area contributed by atoms with E-state index in [1.165, 1.54) is 25.7 Å². The van der Waals surface area contributed by atoms with Crippen LogP contribution < -0.4 is 11.1 Å². The van der Waals surface area contributed by atoms with Gasteiger partial charge in [0.2, 0.25) is 0 Å². The second kappa shape index (κ2) is 17.6. The van der Waals surface area contributed by atoms with Gasteiger partial charge in [-0.1, -0.05) is 65.0 Å². The van der Waals surface area contributed by atoms with Crippen LogP contribution in [0.2, 0.25) is 5.02 Å². The highest BCUT2D eigenvalue weighted by molar-refractivity contribution is 6.31. The summed E-state index contributed by atoms with van der Waals surface area (Å²) < 4.78 is 13.0. The second-order valence-electron chi connectivity index (χ2n) is 9.20. The highest BCUT2D eigenvalue weighted by Crippen LogP contribution is 2.31. The Hall–Kier alpha value is -3.01. The van der Waals surface area contributed by atoms with Gasteiger partial charge in [0.05, 0.1) is 24.6 Å². The maximum Gasteiger partial charge on any atom is 0.167 e. The van der Waals surface area contributed by atoms with Crippen LogP contribution in [0.15, 0.2) is 36.8 Å². The fraction of sp³-hybridized carbons (Fsp3) is 0.533. The maximum atomic E-state index is 5.93. The number of nitrogens with one attached hydrogen (secondary N) is 1. The van der Waals surface area contributed by atoms with Crippen molar-refractivity contribution in [1.82, 2.24) is 24.5 Å². The van der Waals surface area contributed by atoms with Crippen molar-refractivity contribution < 1.29 is 9.47 Å². The van der Waals surface area contributed by atoms with Gasteiger partial charge in [-0.15, -0.1) is 0 Å². The number of aryl methyl sites for hydroxylation is 1. The van der Waals surface area contributed by atoms with Gasteiger partial charge in [0.1, 0.15) is 17.6 Å². The predicted octanol–water partition coefficient (Wildman–Crippen LogP) is 7.58. The van der Waals surface area contributed by atoms with Crippen LogP contribution in [0.3, 0.4) is 0 Å². The van der Waals surface area contributed by atoms with Crippen LogP contribution in [-0.2, 0) is 9.47 Å². The molecule has 2 atom stereocenters. The molecule has 0 unspecified atom stereocenters. The quantitative estimate of drug-likeness (QED) is 0.218. The van der Waals surface area contributed by atoms with Crippen molar-refractivity contribution in [3.63, 3.8) is 0 Å². The number of pyridine rings is 1. The van der Waals surface area contributed by atoms with E-state index in [2.05, 4.69) is 39.1 Å². The first kappa shape index (κ1) is 33.2. The number of nitrogen functional groups attached to an aromatic ring is 1. The molecule has 0 saturated carbocycles. The third-order valence-corrected chi connectivity index (χ3v) is 6.47. The van der Waals surface area contributed by atoms with Gasteiger partial charge >= 0.3 is 0 Å². The van der Waals surface area contributed by atoms with Gasteiger partial charge in [0.25, 0.3) is 0 Å². The first-order chi connectivity index (χ1) is 19.4.